The second-order valence-electron chi connectivity index (χ2n) is 7.01. The van der Waals surface area contributed by atoms with Crippen molar-refractivity contribution in [2.75, 3.05) is 5.73 Å². The fraction of sp³-hybridized carbons (Fsp3) is 0.0400. The zero-order valence-electron chi connectivity index (χ0n) is 16.3. The first kappa shape index (κ1) is 17.9. The third kappa shape index (κ3) is 3.49. The molecule has 30 heavy (non-hydrogen) atoms. The minimum Gasteiger partial charge on any atom is -0.489 e. The van der Waals surface area contributed by atoms with Gasteiger partial charge in [0.2, 0.25) is 0 Å². The molecule has 5 nitrogen and oxygen atoms in total. The molecule has 0 saturated carbocycles. The van der Waals surface area contributed by atoms with Gasteiger partial charge in [-0.05, 0) is 54.1 Å². The molecular weight excluding hydrogens is 372 g/mol. The molecule has 0 radical (unpaired) electrons. The molecule has 0 atom stereocenters. The lowest BCUT2D eigenvalue weighted by molar-refractivity contribution is 0.306. The first-order chi connectivity index (χ1) is 14.8. The number of rotatable bonds is 5. The van der Waals surface area contributed by atoms with Crippen molar-refractivity contribution < 1.29 is 4.74 Å². The van der Waals surface area contributed by atoms with Gasteiger partial charge >= 0.3 is 0 Å². The average Bonchev–Trinajstić information content (AvgIpc) is 3.18. The van der Waals surface area contributed by atoms with Crippen LogP contribution in [0.3, 0.4) is 0 Å². The zero-order valence-corrected chi connectivity index (χ0v) is 16.3. The summed E-state index contributed by atoms with van der Waals surface area (Å²) in [7, 11) is 0. The van der Waals surface area contributed by atoms with Crippen LogP contribution in [0.15, 0.2) is 97.3 Å². The number of imidazole rings is 1. The monoisotopic (exact) mass is 392 g/mol. The molecule has 0 fully saturated rings. The average molecular weight is 392 g/mol. The minimum atomic E-state index is 0.533. The van der Waals surface area contributed by atoms with Crippen LogP contribution in [0.2, 0.25) is 0 Å². The normalized spacial score (nSPS) is 10.9. The van der Waals surface area contributed by atoms with Crippen LogP contribution >= 0.6 is 0 Å². The van der Waals surface area contributed by atoms with E-state index in [9.17, 15) is 0 Å². The van der Waals surface area contributed by atoms with Gasteiger partial charge in [0.1, 0.15) is 23.7 Å². The zero-order chi connectivity index (χ0) is 20.3. The van der Waals surface area contributed by atoms with Crippen molar-refractivity contribution in [2.45, 2.75) is 6.61 Å². The van der Waals surface area contributed by atoms with Gasteiger partial charge < -0.3 is 10.5 Å². The van der Waals surface area contributed by atoms with E-state index in [1.54, 1.807) is 6.20 Å². The Morgan fingerprint density at radius 1 is 0.833 bits per heavy atom. The molecule has 146 valence electrons. The Balaban J connectivity index is 1.53. The number of anilines is 1. The summed E-state index contributed by atoms with van der Waals surface area (Å²) < 4.78 is 7.94. The quantitative estimate of drug-likeness (QED) is 0.445. The van der Waals surface area contributed by atoms with Gasteiger partial charge in [-0.1, -0.05) is 36.4 Å². The summed E-state index contributed by atoms with van der Waals surface area (Å²) in [6, 6.07) is 27.8. The van der Waals surface area contributed by atoms with Crippen LogP contribution < -0.4 is 10.5 Å². The summed E-state index contributed by atoms with van der Waals surface area (Å²) in [6.45, 7) is 0.533. The molecule has 3 aromatic heterocycles. The van der Waals surface area contributed by atoms with E-state index < -0.39 is 0 Å². The predicted molar refractivity (Wildman–Crippen MR) is 119 cm³/mol. The molecule has 0 aliphatic heterocycles. The van der Waals surface area contributed by atoms with Crippen molar-refractivity contribution in [1.82, 2.24) is 14.4 Å². The number of nitrogens with two attached hydrogens (primary N) is 1. The van der Waals surface area contributed by atoms with Gasteiger partial charge in [-0.25, -0.2) is 4.98 Å². The van der Waals surface area contributed by atoms with Crippen LogP contribution in [0.25, 0.3) is 28.3 Å². The number of ether oxygens (including phenoxy) is 1. The molecule has 5 heteroatoms. The van der Waals surface area contributed by atoms with Crippen molar-refractivity contribution >= 4 is 11.3 Å². The Labute approximate surface area is 174 Å². The lowest BCUT2D eigenvalue weighted by Gasteiger charge is -2.09. The fourth-order valence-corrected chi connectivity index (χ4v) is 3.47. The number of aromatic nitrogens is 3. The summed E-state index contributed by atoms with van der Waals surface area (Å²) in [6.07, 6.45) is 3.67. The maximum atomic E-state index is 6.05. The number of fused-ring (bicyclic) bond motifs is 1. The Morgan fingerprint density at radius 2 is 1.63 bits per heavy atom. The molecule has 0 saturated heterocycles. The van der Waals surface area contributed by atoms with Gasteiger partial charge in [-0.15, -0.1) is 0 Å². The smallest absolute Gasteiger partial charge is 0.138 e. The molecule has 0 aliphatic carbocycles. The fourth-order valence-electron chi connectivity index (χ4n) is 3.47. The Morgan fingerprint density at radius 3 is 2.40 bits per heavy atom. The van der Waals surface area contributed by atoms with E-state index in [4.69, 9.17) is 15.5 Å². The van der Waals surface area contributed by atoms with Crippen LogP contribution in [-0.4, -0.2) is 14.4 Å². The van der Waals surface area contributed by atoms with Crippen molar-refractivity contribution in [2.24, 2.45) is 0 Å². The predicted octanol–water partition coefficient (Wildman–Crippen LogP) is 5.22. The number of nitrogens with zero attached hydrogens (tertiary/aromatic N) is 3. The topological polar surface area (TPSA) is 65.4 Å². The molecule has 5 aromatic rings. The maximum Gasteiger partial charge on any atom is 0.138 e. The largest absolute Gasteiger partial charge is 0.489 e. The molecule has 0 aliphatic rings. The first-order valence-electron chi connectivity index (χ1n) is 9.74. The molecule has 2 aromatic carbocycles. The molecule has 0 unspecified atom stereocenters. The number of pyridine rings is 2. The minimum absolute atomic E-state index is 0.533. The number of hydrogen-bond acceptors (Lipinski definition) is 4. The SMILES string of the molecule is Nc1ccc2nc(-c3ccccn3)c(-c3ccc(OCc4ccccc4)cc3)n2c1. The van der Waals surface area contributed by atoms with Crippen LogP contribution in [0.4, 0.5) is 5.69 Å². The molecule has 3 heterocycles. The van der Waals surface area contributed by atoms with Crippen molar-refractivity contribution in [3.8, 4) is 28.4 Å². The van der Waals surface area contributed by atoms with Gasteiger partial charge in [0.05, 0.1) is 11.4 Å². The second-order valence-corrected chi connectivity index (χ2v) is 7.01. The maximum absolute atomic E-state index is 6.05. The second kappa shape index (κ2) is 7.72. The highest BCUT2D eigenvalue weighted by Crippen LogP contribution is 2.33. The van der Waals surface area contributed by atoms with Crippen molar-refractivity contribution in [3.05, 3.63) is 103 Å². The highest BCUT2D eigenvalue weighted by Gasteiger charge is 2.17. The highest BCUT2D eigenvalue weighted by atomic mass is 16.5. The van der Waals surface area contributed by atoms with Crippen LogP contribution in [0, 0.1) is 0 Å². The van der Waals surface area contributed by atoms with Gasteiger partial charge in [-0.3, -0.25) is 9.38 Å². The van der Waals surface area contributed by atoms with Crippen LogP contribution in [0.1, 0.15) is 5.56 Å². The van der Waals surface area contributed by atoms with Crippen molar-refractivity contribution in [3.63, 3.8) is 0 Å². The number of hydrogen-bond donors (Lipinski definition) is 1. The summed E-state index contributed by atoms with van der Waals surface area (Å²) in [5.74, 6) is 0.815. The molecule has 0 bridgehead atoms. The van der Waals surface area contributed by atoms with Gasteiger partial charge in [0.25, 0.3) is 0 Å². The van der Waals surface area contributed by atoms with E-state index in [0.29, 0.717) is 12.3 Å². The van der Waals surface area contributed by atoms with E-state index in [0.717, 1.165) is 39.6 Å². The molecule has 0 amide bonds. The van der Waals surface area contributed by atoms with Gasteiger partial charge in [0, 0.05) is 23.6 Å². The lowest BCUT2D eigenvalue weighted by atomic mass is 10.1. The third-order valence-electron chi connectivity index (χ3n) is 4.92. The Bertz CT molecular complexity index is 1280. The highest BCUT2D eigenvalue weighted by molar-refractivity contribution is 5.81. The van der Waals surface area contributed by atoms with Crippen molar-refractivity contribution in [1.29, 1.82) is 0 Å². The molecular formula is C25H20N4O. The Kier molecular flexibility index (Phi) is 4.62. The number of nitrogen functional groups attached to an aromatic ring is 1. The summed E-state index contributed by atoms with van der Waals surface area (Å²) in [4.78, 5) is 9.31. The van der Waals surface area contributed by atoms with E-state index in [1.165, 1.54) is 0 Å². The van der Waals surface area contributed by atoms with Gasteiger partial charge in [0.15, 0.2) is 0 Å². The summed E-state index contributed by atoms with van der Waals surface area (Å²) in [5.41, 5.74) is 12.3. The van der Waals surface area contributed by atoms with Crippen LogP contribution in [-0.2, 0) is 6.61 Å². The van der Waals surface area contributed by atoms with E-state index in [1.807, 2.05) is 83.4 Å². The molecule has 2 N–H and O–H groups in total. The molecule has 0 spiro atoms. The van der Waals surface area contributed by atoms with E-state index in [-0.39, 0.29) is 0 Å². The molecule has 5 rings (SSSR count). The van der Waals surface area contributed by atoms with E-state index >= 15 is 0 Å². The van der Waals surface area contributed by atoms with Gasteiger partial charge in [-0.2, -0.15) is 0 Å². The summed E-state index contributed by atoms with van der Waals surface area (Å²) >= 11 is 0. The number of benzene rings is 2. The standard InChI is InChI=1S/C25H20N4O/c26-20-11-14-23-28-24(22-8-4-5-15-27-22)25(29(23)16-20)19-9-12-21(13-10-19)30-17-18-6-2-1-3-7-18/h1-16H,17,26H2. The van der Waals surface area contributed by atoms with Crippen LogP contribution in [0.5, 0.6) is 5.75 Å². The first-order valence-corrected chi connectivity index (χ1v) is 9.74. The lowest BCUT2D eigenvalue weighted by Crippen LogP contribution is -1.96. The van der Waals surface area contributed by atoms with E-state index in [2.05, 4.69) is 17.1 Å². The third-order valence-corrected chi connectivity index (χ3v) is 4.92. The summed E-state index contributed by atoms with van der Waals surface area (Å²) in [5, 5.41) is 0. The Hall–Kier alpha value is -4.12.